The van der Waals surface area contributed by atoms with Gasteiger partial charge in [0.25, 0.3) is 5.91 Å². The van der Waals surface area contributed by atoms with Crippen LogP contribution in [0.1, 0.15) is 33.1 Å². The van der Waals surface area contributed by atoms with Crippen LogP contribution >= 0.6 is 11.8 Å². The summed E-state index contributed by atoms with van der Waals surface area (Å²) in [6.07, 6.45) is 0. The van der Waals surface area contributed by atoms with Crippen LogP contribution in [0.2, 0.25) is 0 Å². The molecule has 4 rings (SSSR count). The summed E-state index contributed by atoms with van der Waals surface area (Å²) in [5, 5.41) is 11.8. The second kappa shape index (κ2) is 10.4. The molecule has 4 aromatic rings. The first-order valence-corrected chi connectivity index (χ1v) is 11.5. The lowest BCUT2D eigenvalue weighted by Crippen LogP contribution is -2.24. The van der Waals surface area contributed by atoms with E-state index in [4.69, 9.17) is 4.74 Å². The number of aromatic nitrogens is 5. The second-order valence-electron chi connectivity index (χ2n) is 7.53. The lowest BCUT2D eigenvalue weighted by atomic mass is 10.2. The average molecular weight is 479 g/mol. The van der Waals surface area contributed by atoms with Crippen LogP contribution in [-0.4, -0.2) is 38.0 Å². The van der Waals surface area contributed by atoms with Crippen molar-refractivity contribution in [1.82, 2.24) is 30.3 Å². The van der Waals surface area contributed by atoms with E-state index in [0.29, 0.717) is 34.6 Å². The molecule has 0 spiro atoms. The van der Waals surface area contributed by atoms with Crippen LogP contribution in [0, 0.1) is 19.7 Å². The number of thioether (sulfide) groups is 1. The number of amides is 1. The first-order chi connectivity index (χ1) is 16.4. The number of rotatable bonds is 8. The molecule has 174 valence electrons. The molecule has 0 bridgehead atoms. The zero-order valence-electron chi connectivity index (χ0n) is 18.9. The normalized spacial score (nSPS) is 10.8. The van der Waals surface area contributed by atoms with E-state index >= 15 is 0 Å². The molecule has 0 aliphatic rings. The van der Waals surface area contributed by atoms with Gasteiger partial charge in [0.1, 0.15) is 11.6 Å². The second-order valence-corrected chi connectivity index (χ2v) is 8.47. The van der Waals surface area contributed by atoms with Gasteiger partial charge < -0.3 is 10.1 Å². The number of aryl methyl sites for hydroxylation is 2. The predicted octanol–water partition coefficient (Wildman–Crippen LogP) is 4.04. The number of nitrogens with one attached hydrogen (secondary N) is 1. The first-order valence-electron chi connectivity index (χ1n) is 10.5. The quantitative estimate of drug-likeness (QED) is 0.302. The summed E-state index contributed by atoms with van der Waals surface area (Å²) in [7, 11) is 1.59. The van der Waals surface area contributed by atoms with Gasteiger partial charge in [-0.15, -0.1) is 5.10 Å². The van der Waals surface area contributed by atoms with Crippen LogP contribution in [0.15, 0.2) is 59.8 Å². The maximum absolute atomic E-state index is 13.5. The van der Waals surface area contributed by atoms with Crippen molar-refractivity contribution in [1.29, 1.82) is 0 Å². The van der Waals surface area contributed by atoms with Crippen LogP contribution in [0.4, 0.5) is 4.39 Å². The van der Waals surface area contributed by atoms with E-state index in [-0.39, 0.29) is 17.4 Å². The Labute approximate surface area is 200 Å². The molecular formula is C24H23FN6O2S. The molecule has 8 nitrogen and oxygen atoms in total. The van der Waals surface area contributed by atoms with Gasteiger partial charge in [0.05, 0.1) is 18.5 Å². The molecule has 10 heteroatoms. The Morgan fingerprint density at radius 2 is 1.82 bits per heavy atom. The van der Waals surface area contributed by atoms with E-state index in [1.165, 1.54) is 28.6 Å². The molecule has 0 atom stereocenters. The summed E-state index contributed by atoms with van der Waals surface area (Å²) in [4.78, 5) is 22.0. The third-order valence-corrected chi connectivity index (χ3v) is 5.79. The number of ether oxygens (including phenoxy) is 1. The standard InChI is InChI=1S/C24H23FN6O2S/c1-15-11-16(2)28-24(27-15)34-14-21-22(29-30-31(21)19-9-7-18(25)8-10-19)23(32)26-13-17-5-4-6-20(12-17)33-3/h4-12H,13-14H2,1-3H3,(H,26,32). The van der Waals surface area contributed by atoms with Gasteiger partial charge in [-0.2, -0.15) is 0 Å². The summed E-state index contributed by atoms with van der Waals surface area (Å²) >= 11 is 1.38. The van der Waals surface area contributed by atoms with Gasteiger partial charge in [-0.25, -0.2) is 19.0 Å². The van der Waals surface area contributed by atoms with Gasteiger partial charge >= 0.3 is 0 Å². The van der Waals surface area contributed by atoms with Crippen LogP contribution in [0.25, 0.3) is 5.69 Å². The number of carbonyl (C=O) groups is 1. The zero-order chi connectivity index (χ0) is 24.1. The molecule has 0 unspecified atom stereocenters. The SMILES string of the molecule is COc1cccc(CNC(=O)c2nnn(-c3ccc(F)cc3)c2CSc2nc(C)cc(C)n2)c1. The summed E-state index contributed by atoms with van der Waals surface area (Å²) in [5.41, 5.74) is 3.94. The van der Waals surface area contributed by atoms with Crippen molar-refractivity contribution in [2.45, 2.75) is 31.3 Å². The van der Waals surface area contributed by atoms with Gasteiger partial charge in [0.2, 0.25) is 0 Å². The minimum absolute atomic E-state index is 0.184. The maximum atomic E-state index is 13.5. The third kappa shape index (κ3) is 5.57. The molecule has 34 heavy (non-hydrogen) atoms. The lowest BCUT2D eigenvalue weighted by molar-refractivity contribution is 0.0945. The first kappa shape index (κ1) is 23.4. The Morgan fingerprint density at radius 1 is 1.09 bits per heavy atom. The van der Waals surface area contributed by atoms with E-state index in [0.717, 1.165) is 17.0 Å². The Hall–Kier alpha value is -3.79. The topological polar surface area (TPSA) is 94.8 Å². The molecule has 1 amide bonds. The third-order valence-electron chi connectivity index (χ3n) is 4.94. The van der Waals surface area contributed by atoms with Crippen LogP contribution in [-0.2, 0) is 12.3 Å². The molecule has 0 aliphatic heterocycles. The largest absolute Gasteiger partial charge is 0.497 e. The van der Waals surface area contributed by atoms with Gasteiger partial charge in [0, 0.05) is 23.7 Å². The van der Waals surface area contributed by atoms with E-state index in [9.17, 15) is 9.18 Å². The van der Waals surface area contributed by atoms with Crippen molar-refractivity contribution >= 4 is 17.7 Å². The molecule has 1 N–H and O–H groups in total. The molecule has 2 aromatic heterocycles. The number of hydrogen-bond donors (Lipinski definition) is 1. The van der Waals surface area contributed by atoms with Crippen molar-refractivity contribution in [3.05, 3.63) is 88.8 Å². The Kier molecular flexibility index (Phi) is 7.17. The van der Waals surface area contributed by atoms with E-state index < -0.39 is 0 Å². The van der Waals surface area contributed by atoms with Gasteiger partial charge in [0.15, 0.2) is 10.9 Å². The van der Waals surface area contributed by atoms with E-state index in [1.807, 2.05) is 44.2 Å². The molecule has 0 fully saturated rings. The van der Waals surface area contributed by atoms with Crippen molar-refractivity contribution in [2.24, 2.45) is 0 Å². The smallest absolute Gasteiger partial charge is 0.274 e. The average Bonchev–Trinajstić information content (AvgIpc) is 3.25. The monoisotopic (exact) mass is 478 g/mol. The highest BCUT2D eigenvalue weighted by atomic mass is 32.2. The van der Waals surface area contributed by atoms with Gasteiger partial charge in [-0.1, -0.05) is 29.1 Å². The molecule has 0 saturated heterocycles. The van der Waals surface area contributed by atoms with Crippen LogP contribution < -0.4 is 10.1 Å². The van der Waals surface area contributed by atoms with Crippen LogP contribution in [0.3, 0.4) is 0 Å². The summed E-state index contributed by atoms with van der Waals surface area (Å²) in [6.45, 7) is 4.10. The van der Waals surface area contributed by atoms with Crippen LogP contribution in [0.5, 0.6) is 5.75 Å². The highest BCUT2D eigenvalue weighted by molar-refractivity contribution is 7.98. The number of nitrogens with zero attached hydrogens (tertiary/aromatic N) is 5. The highest BCUT2D eigenvalue weighted by Gasteiger charge is 2.21. The lowest BCUT2D eigenvalue weighted by Gasteiger charge is -2.09. The number of methoxy groups -OCH3 is 1. The Morgan fingerprint density at radius 3 is 2.53 bits per heavy atom. The molecule has 0 radical (unpaired) electrons. The highest BCUT2D eigenvalue weighted by Crippen LogP contribution is 2.24. The molecule has 0 aliphatic carbocycles. The molecule has 2 aromatic carbocycles. The number of hydrogen-bond acceptors (Lipinski definition) is 7. The summed E-state index contributed by atoms with van der Waals surface area (Å²) < 4.78 is 20.2. The van der Waals surface area contributed by atoms with Gasteiger partial charge in [-0.3, -0.25) is 4.79 Å². The Balaban J connectivity index is 1.60. The molecular weight excluding hydrogens is 455 g/mol. The predicted molar refractivity (Wildman–Crippen MR) is 127 cm³/mol. The van der Waals surface area contributed by atoms with Crippen molar-refractivity contribution in [2.75, 3.05) is 7.11 Å². The summed E-state index contributed by atoms with van der Waals surface area (Å²) in [5.74, 6) is 0.321. The fourth-order valence-corrected chi connectivity index (χ4v) is 4.28. The summed E-state index contributed by atoms with van der Waals surface area (Å²) in [6, 6.07) is 15.2. The Bertz CT molecular complexity index is 1290. The number of halogens is 1. The number of benzene rings is 2. The zero-order valence-corrected chi connectivity index (χ0v) is 19.8. The number of carbonyl (C=O) groups excluding carboxylic acids is 1. The van der Waals surface area contributed by atoms with Crippen molar-refractivity contribution in [3.63, 3.8) is 0 Å². The van der Waals surface area contributed by atoms with E-state index in [2.05, 4.69) is 25.6 Å². The molecule has 2 heterocycles. The fourth-order valence-electron chi connectivity index (χ4n) is 3.34. The minimum atomic E-state index is -0.367. The maximum Gasteiger partial charge on any atom is 0.274 e. The minimum Gasteiger partial charge on any atom is -0.497 e. The molecule has 0 saturated carbocycles. The van der Waals surface area contributed by atoms with E-state index in [1.54, 1.807) is 19.2 Å². The van der Waals surface area contributed by atoms with Crippen molar-refractivity contribution in [3.8, 4) is 11.4 Å². The van der Waals surface area contributed by atoms with Gasteiger partial charge in [-0.05, 0) is 61.9 Å². The fraction of sp³-hybridized carbons (Fsp3) is 0.208. The van der Waals surface area contributed by atoms with Crippen molar-refractivity contribution < 1.29 is 13.9 Å².